The Morgan fingerprint density at radius 3 is 2.95 bits per heavy atom. The zero-order valence-corrected chi connectivity index (χ0v) is 11.3. The van der Waals surface area contributed by atoms with Gasteiger partial charge in [-0.2, -0.15) is 5.10 Å². The van der Waals surface area contributed by atoms with E-state index >= 15 is 0 Å². The van der Waals surface area contributed by atoms with Gasteiger partial charge in [-0.25, -0.2) is 4.98 Å². The molecule has 0 spiro atoms. The number of hydrogen-bond acceptors (Lipinski definition) is 5. The van der Waals surface area contributed by atoms with Gasteiger partial charge in [0.25, 0.3) is 5.91 Å². The number of nitro groups is 1. The molecule has 0 aliphatic heterocycles. The molecule has 0 aromatic carbocycles. The maximum absolute atomic E-state index is 11.9. The van der Waals surface area contributed by atoms with E-state index in [1.807, 2.05) is 0 Å². The number of aromatic amines is 1. The van der Waals surface area contributed by atoms with E-state index in [2.05, 4.69) is 36.4 Å². The number of hydrogen-bond donors (Lipinski definition) is 2. The number of pyridine rings is 1. The second-order valence-corrected chi connectivity index (χ2v) is 4.45. The molecule has 0 saturated carbocycles. The molecule has 0 unspecified atom stereocenters. The molecule has 0 bridgehead atoms. The van der Waals surface area contributed by atoms with Crippen LogP contribution in [0.1, 0.15) is 16.2 Å². The number of nitrogens with zero attached hydrogens (tertiary/aromatic N) is 3. The molecule has 0 radical (unpaired) electrons. The van der Waals surface area contributed by atoms with Crippen molar-refractivity contribution in [2.24, 2.45) is 0 Å². The van der Waals surface area contributed by atoms with Crippen LogP contribution in [0.25, 0.3) is 0 Å². The highest BCUT2D eigenvalue weighted by molar-refractivity contribution is 9.10. The van der Waals surface area contributed by atoms with Crippen molar-refractivity contribution in [1.29, 1.82) is 0 Å². The third-order valence-electron chi connectivity index (χ3n) is 2.30. The quantitative estimate of drug-likeness (QED) is 0.662. The summed E-state index contributed by atoms with van der Waals surface area (Å²) in [5.41, 5.74) is -0.403. The van der Waals surface area contributed by atoms with Crippen LogP contribution in [-0.4, -0.2) is 26.0 Å². The Kier molecular flexibility index (Phi) is 3.56. The summed E-state index contributed by atoms with van der Waals surface area (Å²) >= 11 is 3.21. The predicted octanol–water partition coefficient (Wildman–Crippen LogP) is 2.04. The lowest BCUT2D eigenvalue weighted by Crippen LogP contribution is -2.15. The Labute approximate surface area is 115 Å². The van der Waals surface area contributed by atoms with Crippen LogP contribution in [0.15, 0.2) is 22.8 Å². The minimum absolute atomic E-state index is 0.218. The third kappa shape index (κ3) is 2.60. The van der Waals surface area contributed by atoms with E-state index in [4.69, 9.17) is 0 Å². The molecule has 2 aromatic rings. The second kappa shape index (κ2) is 5.14. The second-order valence-electron chi connectivity index (χ2n) is 3.59. The standard InChI is InChI=1S/C10H8BrN5O3/c1-5-8(16(18)19)7(15-14-5)10(17)13-9-6(11)3-2-4-12-9/h2-4H,1H3,(H,14,15)(H,12,13,17). The summed E-state index contributed by atoms with van der Waals surface area (Å²) in [6.45, 7) is 1.47. The Morgan fingerprint density at radius 2 is 2.32 bits per heavy atom. The van der Waals surface area contributed by atoms with E-state index in [1.165, 1.54) is 13.1 Å². The van der Waals surface area contributed by atoms with Gasteiger partial charge < -0.3 is 5.32 Å². The van der Waals surface area contributed by atoms with Crippen molar-refractivity contribution in [1.82, 2.24) is 15.2 Å². The van der Waals surface area contributed by atoms with Crippen molar-refractivity contribution in [3.63, 3.8) is 0 Å². The molecule has 9 heteroatoms. The van der Waals surface area contributed by atoms with Crippen molar-refractivity contribution in [3.8, 4) is 0 Å². The van der Waals surface area contributed by atoms with E-state index in [9.17, 15) is 14.9 Å². The largest absolute Gasteiger partial charge is 0.322 e. The first-order valence-electron chi connectivity index (χ1n) is 5.12. The van der Waals surface area contributed by atoms with Crippen LogP contribution in [0.5, 0.6) is 0 Å². The number of carbonyl (C=O) groups excluding carboxylic acids is 1. The lowest BCUT2D eigenvalue weighted by Gasteiger charge is -2.03. The Balaban J connectivity index is 2.31. The van der Waals surface area contributed by atoms with Crippen molar-refractivity contribution >= 4 is 33.3 Å². The molecular weight excluding hydrogens is 318 g/mol. The zero-order chi connectivity index (χ0) is 14.0. The van der Waals surface area contributed by atoms with Crippen molar-refractivity contribution in [2.75, 3.05) is 5.32 Å². The molecule has 0 aliphatic rings. The van der Waals surface area contributed by atoms with Crippen LogP contribution in [0.3, 0.4) is 0 Å². The fourth-order valence-corrected chi connectivity index (χ4v) is 1.80. The summed E-state index contributed by atoms with van der Waals surface area (Å²) in [7, 11) is 0. The average molecular weight is 326 g/mol. The maximum Gasteiger partial charge on any atom is 0.322 e. The number of aryl methyl sites for hydroxylation is 1. The molecule has 2 aromatic heterocycles. The number of H-pyrrole nitrogens is 1. The first kappa shape index (κ1) is 13.1. The number of amides is 1. The van der Waals surface area contributed by atoms with Gasteiger partial charge in [-0.05, 0) is 35.0 Å². The monoisotopic (exact) mass is 325 g/mol. The molecule has 0 fully saturated rings. The number of aromatic nitrogens is 3. The number of anilines is 1. The first-order valence-corrected chi connectivity index (χ1v) is 5.91. The van der Waals surface area contributed by atoms with Crippen molar-refractivity contribution < 1.29 is 9.72 Å². The third-order valence-corrected chi connectivity index (χ3v) is 2.94. The summed E-state index contributed by atoms with van der Waals surface area (Å²) in [4.78, 5) is 26.1. The van der Waals surface area contributed by atoms with Crippen molar-refractivity contribution in [3.05, 3.63) is 44.3 Å². The Morgan fingerprint density at radius 1 is 1.58 bits per heavy atom. The summed E-state index contributed by atoms with van der Waals surface area (Å²) in [5, 5.41) is 19.4. The highest BCUT2D eigenvalue weighted by Crippen LogP contribution is 2.23. The lowest BCUT2D eigenvalue weighted by molar-refractivity contribution is -0.385. The smallest absolute Gasteiger partial charge is 0.304 e. The number of rotatable bonds is 3. The van der Waals surface area contributed by atoms with Gasteiger partial charge in [-0.3, -0.25) is 20.0 Å². The van der Waals surface area contributed by atoms with Crippen LogP contribution in [-0.2, 0) is 0 Å². The van der Waals surface area contributed by atoms with E-state index in [-0.39, 0.29) is 22.9 Å². The molecule has 2 N–H and O–H groups in total. The summed E-state index contributed by atoms with van der Waals surface area (Å²) in [6.07, 6.45) is 1.49. The van der Waals surface area contributed by atoms with Crippen LogP contribution < -0.4 is 5.32 Å². The van der Waals surface area contributed by atoms with Gasteiger partial charge in [-0.1, -0.05) is 0 Å². The Bertz CT molecular complexity index is 654. The summed E-state index contributed by atoms with van der Waals surface area (Å²) < 4.78 is 0.568. The number of halogens is 1. The van der Waals surface area contributed by atoms with Crippen molar-refractivity contribution in [2.45, 2.75) is 6.92 Å². The molecule has 1 amide bonds. The fourth-order valence-electron chi connectivity index (χ4n) is 1.45. The summed E-state index contributed by atoms with van der Waals surface area (Å²) in [5.74, 6) is -0.432. The highest BCUT2D eigenvalue weighted by atomic mass is 79.9. The summed E-state index contributed by atoms with van der Waals surface area (Å²) in [6, 6.07) is 3.37. The van der Waals surface area contributed by atoms with Crippen LogP contribution >= 0.6 is 15.9 Å². The van der Waals surface area contributed by atoms with Gasteiger partial charge in [0.15, 0.2) is 0 Å². The van der Waals surface area contributed by atoms with Gasteiger partial charge in [0.1, 0.15) is 11.5 Å². The van der Waals surface area contributed by atoms with E-state index in [0.29, 0.717) is 4.47 Å². The topological polar surface area (TPSA) is 114 Å². The molecule has 0 atom stereocenters. The average Bonchev–Trinajstić information content (AvgIpc) is 2.74. The first-order chi connectivity index (χ1) is 9.00. The maximum atomic E-state index is 11.9. The molecule has 2 heterocycles. The molecule has 0 saturated heterocycles. The van der Waals surface area contributed by atoms with E-state index in [1.54, 1.807) is 12.1 Å². The highest BCUT2D eigenvalue weighted by Gasteiger charge is 2.27. The molecule has 98 valence electrons. The predicted molar refractivity (Wildman–Crippen MR) is 69.9 cm³/mol. The van der Waals surface area contributed by atoms with Crippen LogP contribution in [0.4, 0.5) is 11.5 Å². The minimum Gasteiger partial charge on any atom is -0.304 e. The van der Waals surface area contributed by atoms with E-state index in [0.717, 1.165) is 0 Å². The molecular formula is C10H8BrN5O3. The normalized spacial score (nSPS) is 10.2. The van der Waals surface area contributed by atoms with Crippen LogP contribution in [0, 0.1) is 17.0 Å². The van der Waals surface area contributed by atoms with Gasteiger partial charge in [0.2, 0.25) is 5.69 Å². The van der Waals surface area contributed by atoms with E-state index < -0.39 is 10.8 Å². The van der Waals surface area contributed by atoms with Gasteiger partial charge >= 0.3 is 5.69 Å². The fraction of sp³-hybridized carbons (Fsp3) is 0.100. The molecule has 8 nitrogen and oxygen atoms in total. The molecule has 2 rings (SSSR count). The SMILES string of the molecule is Cc1[nH]nc(C(=O)Nc2ncccc2Br)c1[N+](=O)[O-]. The number of nitrogens with one attached hydrogen (secondary N) is 2. The van der Waals surface area contributed by atoms with Gasteiger partial charge in [0.05, 0.1) is 9.40 Å². The number of carbonyl (C=O) groups is 1. The van der Waals surface area contributed by atoms with Crippen LogP contribution in [0.2, 0.25) is 0 Å². The lowest BCUT2D eigenvalue weighted by atomic mass is 10.3. The molecule has 19 heavy (non-hydrogen) atoms. The van der Waals surface area contributed by atoms with Gasteiger partial charge in [0, 0.05) is 6.20 Å². The minimum atomic E-state index is -0.699. The zero-order valence-electron chi connectivity index (χ0n) is 9.68. The molecule has 0 aliphatic carbocycles. The Hall–Kier alpha value is -2.29. The van der Waals surface area contributed by atoms with Gasteiger partial charge in [-0.15, -0.1) is 0 Å².